The van der Waals surface area contributed by atoms with Crippen molar-refractivity contribution in [1.29, 1.82) is 0 Å². The van der Waals surface area contributed by atoms with Gasteiger partial charge in [-0.2, -0.15) is 0 Å². The summed E-state index contributed by atoms with van der Waals surface area (Å²) in [5.41, 5.74) is 0. The van der Waals surface area contributed by atoms with Crippen molar-refractivity contribution in [3.63, 3.8) is 0 Å². The Morgan fingerprint density at radius 1 is 0.545 bits per heavy atom. The van der Waals surface area contributed by atoms with Crippen molar-refractivity contribution < 1.29 is 0 Å². The second-order valence-corrected chi connectivity index (χ2v) is 70.1. The van der Waals surface area contributed by atoms with E-state index in [4.69, 9.17) is 0 Å². The molecule has 0 spiro atoms. The van der Waals surface area contributed by atoms with E-state index < -0.39 is 27.9 Å². The summed E-state index contributed by atoms with van der Waals surface area (Å²) in [7, 11) is 0. The molecule has 2 aromatic rings. The summed E-state index contributed by atoms with van der Waals surface area (Å²) in [4.78, 5) is 0. The summed E-state index contributed by atoms with van der Waals surface area (Å²) in [6.45, 7) is 0. The van der Waals surface area contributed by atoms with Crippen molar-refractivity contribution in [3.8, 4) is 0 Å². The van der Waals surface area contributed by atoms with Gasteiger partial charge in [-0.05, 0) is 0 Å². The van der Waals surface area contributed by atoms with E-state index in [1.165, 1.54) is 28.9 Å². The summed E-state index contributed by atoms with van der Waals surface area (Å²) >= 11 is 11.3. The van der Waals surface area contributed by atoms with E-state index >= 15 is 0 Å². The third-order valence-corrected chi connectivity index (χ3v) is 38.9. The fraction of sp³-hybridized carbons (Fsp3) is 0.250. The Balaban J connectivity index is 1.84. The van der Waals surface area contributed by atoms with Crippen LogP contribution in [0.2, 0.25) is 8.87 Å². The average molecular weight is 767 g/mol. The molecule has 118 valence electrons. The molecule has 22 heavy (non-hydrogen) atoms. The first kappa shape index (κ1) is 20.3. The predicted octanol–water partition coefficient (Wildman–Crippen LogP) is 6.05. The molecule has 0 bridgehead atoms. The number of rotatable bonds is 7. The molecular formula is C16H18Br4Sn2. The summed E-state index contributed by atoms with van der Waals surface area (Å²) < 4.78 is 5.56. The van der Waals surface area contributed by atoms with Gasteiger partial charge in [0.05, 0.1) is 0 Å². The second kappa shape index (κ2) is 9.60. The summed E-state index contributed by atoms with van der Waals surface area (Å²) in [6, 6.07) is 21.7. The van der Waals surface area contributed by atoms with Gasteiger partial charge in [-0.15, -0.1) is 0 Å². The molecule has 0 heterocycles. The fourth-order valence-electron chi connectivity index (χ4n) is 2.35. The number of hydrogen-bond acceptors (Lipinski definition) is 0. The van der Waals surface area contributed by atoms with Gasteiger partial charge in [0.2, 0.25) is 0 Å². The van der Waals surface area contributed by atoms with Crippen LogP contribution >= 0.6 is 50.8 Å². The van der Waals surface area contributed by atoms with Crippen LogP contribution in [0, 0.1) is 0 Å². The van der Waals surface area contributed by atoms with Gasteiger partial charge in [-0.25, -0.2) is 0 Å². The molecular weight excluding hydrogens is 749 g/mol. The molecule has 0 fully saturated rings. The van der Waals surface area contributed by atoms with Gasteiger partial charge in [0.15, 0.2) is 0 Å². The van der Waals surface area contributed by atoms with E-state index in [0.29, 0.717) is 0 Å². The maximum atomic E-state index is 4.04. The third-order valence-electron chi connectivity index (χ3n) is 3.62. The summed E-state index contributed by atoms with van der Waals surface area (Å²) in [6.07, 6.45) is 2.56. The molecule has 2 rings (SSSR count). The molecule has 2 aromatic carbocycles. The summed E-state index contributed by atoms with van der Waals surface area (Å²) in [5, 5.41) is 0. The van der Waals surface area contributed by atoms with Crippen molar-refractivity contribution in [2.75, 3.05) is 0 Å². The van der Waals surface area contributed by atoms with Crippen LogP contribution in [0.1, 0.15) is 12.8 Å². The molecule has 0 unspecified atom stereocenters. The molecule has 0 atom stereocenters. The van der Waals surface area contributed by atoms with Crippen LogP contribution in [0.5, 0.6) is 0 Å². The molecule has 0 amide bonds. The maximum absolute atomic E-state index is 4.04. The van der Waals surface area contributed by atoms with Crippen LogP contribution in [0.15, 0.2) is 60.7 Å². The van der Waals surface area contributed by atoms with Crippen molar-refractivity contribution >= 4 is 85.8 Å². The van der Waals surface area contributed by atoms with Crippen LogP contribution in [0.3, 0.4) is 0 Å². The van der Waals surface area contributed by atoms with Gasteiger partial charge in [-0.1, -0.05) is 0 Å². The van der Waals surface area contributed by atoms with Crippen LogP contribution in [0.4, 0.5) is 0 Å². The van der Waals surface area contributed by atoms with Gasteiger partial charge in [0.1, 0.15) is 0 Å². The van der Waals surface area contributed by atoms with Crippen molar-refractivity contribution in [2.24, 2.45) is 0 Å². The van der Waals surface area contributed by atoms with Gasteiger partial charge < -0.3 is 0 Å². The van der Waals surface area contributed by atoms with Crippen LogP contribution < -0.4 is 7.16 Å². The van der Waals surface area contributed by atoms with Crippen molar-refractivity contribution in [3.05, 3.63) is 60.7 Å². The number of halogens is 4. The minimum atomic E-state index is -2.42. The van der Waals surface area contributed by atoms with Crippen LogP contribution in [-0.4, -0.2) is 27.9 Å². The van der Waals surface area contributed by atoms with Crippen LogP contribution in [-0.2, 0) is 0 Å². The van der Waals surface area contributed by atoms with Crippen molar-refractivity contribution in [1.82, 2.24) is 0 Å². The quantitative estimate of drug-likeness (QED) is 0.238. The Hall–Kier alpha value is 1.96. The molecule has 0 saturated heterocycles. The number of benzene rings is 2. The minimum absolute atomic E-state index is 1.28. The standard InChI is InChI=1S/2C6H5.C4H8.4BrH.2Sn/c2*1-2-4-6-5-3-1;1-3-4-2;;;;;;/h2*1-5H;1-4H2;4*1H;;/q;;;;;;;2*+2/p-4. The normalized spacial score (nSPS) is 12.4. The van der Waals surface area contributed by atoms with Gasteiger partial charge >= 0.3 is 168 Å². The number of hydrogen-bond donors (Lipinski definition) is 0. The molecule has 0 saturated carbocycles. The van der Waals surface area contributed by atoms with Gasteiger partial charge in [0.25, 0.3) is 0 Å². The van der Waals surface area contributed by atoms with Crippen LogP contribution in [0.25, 0.3) is 0 Å². The summed E-state index contributed by atoms with van der Waals surface area (Å²) in [5.74, 6) is 0. The number of unbranched alkanes of at least 4 members (excludes halogenated alkanes) is 1. The van der Waals surface area contributed by atoms with E-state index in [0.717, 1.165) is 0 Å². The van der Waals surface area contributed by atoms with Gasteiger partial charge in [0, 0.05) is 0 Å². The zero-order valence-corrected chi connectivity index (χ0v) is 24.2. The first-order valence-electron chi connectivity index (χ1n) is 7.28. The molecule has 0 radical (unpaired) electrons. The monoisotopic (exact) mass is 766 g/mol. The third kappa shape index (κ3) is 6.35. The SMILES string of the molecule is [Br][Sn]([Br])([CH2]CC[CH2][Sn]([Br])([Br])[c]1ccccc1)[c]1ccccc1. The molecule has 0 N–H and O–H groups in total. The second-order valence-electron chi connectivity index (χ2n) is 5.35. The zero-order chi connectivity index (χ0) is 16.1. The Morgan fingerprint density at radius 3 is 1.18 bits per heavy atom. The molecule has 0 aliphatic rings. The van der Waals surface area contributed by atoms with E-state index in [-0.39, 0.29) is 0 Å². The topological polar surface area (TPSA) is 0 Å². The Labute approximate surface area is 165 Å². The first-order valence-corrected chi connectivity index (χ1v) is 39.8. The Bertz CT molecular complexity index is 520. The Kier molecular flexibility index (Phi) is 8.84. The molecule has 0 aliphatic heterocycles. The van der Waals surface area contributed by atoms with E-state index in [1.54, 1.807) is 0 Å². The molecule has 0 aromatic heterocycles. The zero-order valence-electron chi connectivity index (χ0n) is 12.1. The van der Waals surface area contributed by atoms with Gasteiger partial charge in [-0.3, -0.25) is 0 Å². The molecule has 6 heteroatoms. The van der Waals surface area contributed by atoms with E-state index in [9.17, 15) is 0 Å². The van der Waals surface area contributed by atoms with Crippen molar-refractivity contribution in [2.45, 2.75) is 21.7 Å². The van der Waals surface area contributed by atoms with E-state index in [1.807, 2.05) is 0 Å². The predicted molar refractivity (Wildman–Crippen MR) is 118 cm³/mol. The Morgan fingerprint density at radius 2 is 0.864 bits per heavy atom. The molecule has 0 nitrogen and oxygen atoms in total. The fourth-order valence-corrected chi connectivity index (χ4v) is 26.5. The molecule has 0 aliphatic carbocycles. The van der Waals surface area contributed by atoms with E-state index in [2.05, 4.69) is 111 Å². The average Bonchev–Trinajstić information content (AvgIpc) is 2.53. The first-order chi connectivity index (χ1) is 10.4.